The number of rotatable bonds is 7. The number of aryl methyl sites for hydroxylation is 1. The average molecular weight is 225 g/mol. The van der Waals surface area contributed by atoms with Gasteiger partial charge in [-0.3, -0.25) is 9.48 Å². The van der Waals surface area contributed by atoms with Crippen LogP contribution in [0.25, 0.3) is 0 Å². The van der Waals surface area contributed by atoms with Crippen LogP contribution in [0.1, 0.15) is 20.3 Å². The minimum Gasteiger partial charge on any atom is -0.354 e. The molecule has 16 heavy (non-hydrogen) atoms. The first-order chi connectivity index (χ1) is 7.72. The van der Waals surface area contributed by atoms with Crippen LogP contribution in [0.5, 0.6) is 0 Å². The van der Waals surface area contributed by atoms with E-state index in [1.807, 2.05) is 13.8 Å². The summed E-state index contributed by atoms with van der Waals surface area (Å²) in [6.45, 7) is 6.23. The minimum absolute atomic E-state index is 0.0419. The molecule has 90 valence electrons. The lowest BCUT2D eigenvalue weighted by Gasteiger charge is -2.12. The highest BCUT2D eigenvalue weighted by molar-refractivity contribution is 5.75. The summed E-state index contributed by atoms with van der Waals surface area (Å²) in [7, 11) is 0. The molecule has 6 heteroatoms. The van der Waals surface area contributed by atoms with E-state index >= 15 is 0 Å². The van der Waals surface area contributed by atoms with Crippen LogP contribution in [0.3, 0.4) is 0 Å². The minimum atomic E-state index is 0.0419. The molecule has 0 bridgehead atoms. The Morgan fingerprint density at radius 2 is 2.38 bits per heavy atom. The Kier molecular flexibility index (Phi) is 5.49. The number of nitrogens with one attached hydrogen (secondary N) is 2. The summed E-state index contributed by atoms with van der Waals surface area (Å²) in [5.41, 5.74) is 0. The molecule has 0 aliphatic carbocycles. The van der Waals surface area contributed by atoms with E-state index in [1.165, 1.54) is 0 Å². The fourth-order valence-electron chi connectivity index (χ4n) is 1.34. The van der Waals surface area contributed by atoms with Gasteiger partial charge in [-0.2, -0.15) is 0 Å². The molecule has 0 saturated carbocycles. The summed E-state index contributed by atoms with van der Waals surface area (Å²) in [6.07, 6.45) is 3.78. The molecule has 1 aromatic rings. The van der Waals surface area contributed by atoms with Gasteiger partial charge in [-0.25, -0.2) is 0 Å². The Morgan fingerprint density at radius 3 is 3.00 bits per heavy atom. The van der Waals surface area contributed by atoms with Gasteiger partial charge in [0.2, 0.25) is 5.91 Å². The number of hydrogen-bond acceptors (Lipinski definition) is 4. The number of carbonyl (C=O) groups is 1. The van der Waals surface area contributed by atoms with E-state index in [0.29, 0.717) is 25.6 Å². The lowest BCUT2D eigenvalue weighted by Crippen LogP contribution is -2.39. The van der Waals surface area contributed by atoms with Crippen molar-refractivity contribution in [3.05, 3.63) is 12.4 Å². The topological polar surface area (TPSA) is 71.8 Å². The Morgan fingerprint density at radius 1 is 1.56 bits per heavy atom. The fraction of sp³-hybridized carbons (Fsp3) is 0.700. The first-order valence-corrected chi connectivity index (χ1v) is 5.56. The van der Waals surface area contributed by atoms with Crippen LogP contribution in [0.15, 0.2) is 12.4 Å². The Balaban J connectivity index is 2.11. The van der Waals surface area contributed by atoms with Gasteiger partial charge >= 0.3 is 0 Å². The number of hydrogen-bond donors (Lipinski definition) is 2. The molecule has 0 radical (unpaired) electrons. The standard InChI is InChI=1S/C10H19N5O/c1-3-11-9(2)8-12-10(16)4-6-15-7-5-13-14-15/h5,7,9,11H,3-4,6,8H2,1-2H3,(H,12,16)/t9-/m1/s1. The highest BCUT2D eigenvalue weighted by Crippen LogP contribution is 1.88. The predicted octanol–water partition coefficient (Wildman–Crippen LogP) is -0.218. The Labute approximate surface area is 95.4 Å². The first kappa shape index (κ1) is 12.6. The molecule has 6 nitrogen and oxygen atoms in total. The SMILES string of the molecule is CCN[C@H](C)CNC(=O)CCn1ccnn1. The molecule has 1 amide bonds. The fourth-order valence-corrected chi connectivity index (χ4v) is 1.34. The highest BCUT2D eigenvalue weighted by atomic mass is 16.1. The lowest BCUT2D eigenvalue weighted by molar-refractivity contribution is -0.121. The van der Waals surface area contributed by atoms with Gasteiger partial charge in [-0.15, -0.1) is 5.10 Å². The number of amides is 1. The highest BCUT2D eigenvalue weighted by Gasteiger charge is 2.04. The van der Waals surface area contributed by atoms with Gasteiger partial charge in [0, 0.05) is 25.2 Å². The van der Waals surface area contributed by atoms with Gasteiger partial charge in [0.15, 0.2) is 0 Å². The van der Waals surface area contributed by atoms with Gasteiger partial charge in [0.25, 0.3) is 0 Å². The maximum Gasteiger partial charge on any atom is 0.221 e. The van der Waals surface area contributed by atoms with Crippen molar-refractivity contribution in [1.82, 2.24) is 25.6 Å². The smallest absolute Gasteiger partial charge is 0.221 e. The van der Waals surface area contributed by atoms with Gasteiger partial charge < -0.3 is 10.6 Å². The Bertz CT molecular complexity index is 298. The summed E-state index contributed by atoms with van der Waals surface area (Å²) in [4.78, 5) is 11.4. The quantitative estimate of drug-likeness (QED) is 0.673. The van der Waals surface area contributed by atoms with Crippen molar-refractivity contribution in [3.63, 3.8) is 0 Å². The van der Waals surface area contributed by atoms with Crippen molar-refractivity contribution in [1.29, 1.82) is 0 Å². The van der Waals surface area contributed by atoms with E-state index in [1.54, 1.807) is 17.1 Å². The molecule has 0 saturated heterocycles. The number of carbonyl (C=O) groups excluding carboxylic acids is 1. The molecular formula is C10H19N5O. The maximum absolute atomic E-state index is 11.4. The second-order valence-corrected chi connectivity index (χ2v) is 3.68. The zero-order valence-corrected chi connectivity index (χ0v) is 9.81. The van der Waals surface area contributed by atoms with Gasteiger partial charge in [0.05, 0.1) is 12.7 Å². The first-order valence-electron chi connectivity index (χ1n) is 5.56. The third kappa shape index (κ3) is 4.88. The average Bonchev–Trinajstić information content (AvgIpc) is 2.77. The van der Waals surface area contributed by atoms with Crippen LogP contribution in [0, 0.1) is 0 Å². The molecule has 1 atom stereocenters. The van der Waals surface area contributed by atoms with Crippen LogP contribution in [0.4, 0.5) is 0 Å². The van der Waals surface area contributed by atoms with Gasteiger partial charge in [-0.05, 0) is 13.5 Å². The van der Waals surface area contributed by atoms with Crippen LogP contribution in [-0.4, -0.2) is 40.0 Å². The zero-order valence-electron chi connectivity index (χ0n) is 9.81. The molecule has 0 unspecified atom stereocenters. The van der Waals surface area contributed by atoms with Crippen molar-refractivity contribution >= 4 is 5.91 Å². The van der Waals surface area contributed by atoms with E-state index in [0.717, 1.165) is 6.54 Å². The maximum atomic E-state index is 11.4. The van der Waals surface area contributed by atoms with Crippen molar-refractivity contribution in [2.45, 2.75) is 32.9 Å². The third-order valence-corrected chi connectivity index (χ3v) is 2.20. The second-order valence-electron chi connectivity index (χ2n) is 3.68. The summed E-state index contributed by atoms with van der Waals surface area (Å²) >= 11 is 0. The molecular weight excluding hydrogens is 206 g/mol. The summed E-state index contributed by atoms with van der Waals surface area (Å²) in [5, 5.41) is 13.6. The molecule has 1 heterocycles. The van der Waals surface area contributed by atoms with Gasteiger partial charge in [0.1, 0.15) is 0 Å². The summed E-state index contributed by atoms with van der Waals surface area (Å²) in [6, 6.07) is 0.306. The molecule has 1 aromatic heterocycles. The normalized spacial score (nSPS) is 12.4. The zero-order chi connectivity index (χ0) is 11.8. The van der Waals surface area contributed by atoms with Crippen LogP contribution in [-0.2, 0) is 11.3 Å². The molecule has 0 aliphatic rings. The largest absolute Gasteiger partial charge is 0.354 e. The summed E-state index contributed by atoms with van der Waals surface area (Å²) < 4.78 is 1.65. The van der Waals surface area contributed by atoms with E-state index in [2.05, 4.69) is 20.9 Å². The molecule has 0 aromatic carbocycles. The number of aromatic nitrogens is 3. The van der Waals surface area contributed by atoms with Crippen molar-refractivity contribution < 1.29 is 4.79 Å². The van der Waals surface area contributed by atoms with Crippen molar-refractivity contribution in [2.75, 3.05) is 13.1 Å². The van der Waals surface area contributed by atoms with Crippen molar-refractivity contribution in [2.24, 2.45) is 0 Å². The third-order valence-electron chi connectivity index (χ3n) is 2.20. The predicted molar refractivity (Wildman–Crippen MR) is 60.8 cm³/mol. The lowest BCUT2D eigenvalue weighted by atomic mass is 10.3. The van der Waals surface area contributed by atoms with E-state index in [-0.39, 0.29) is 5.91 Å². The van der Waals surface area contributed by atoms with Crippen LogP contribution in [0.2, 0.25) is 0 Å². The number of likely N-dealkylation sites (N-methyl/N-ethyl adjacent to an activating group) is 1. The molecule has 1 rings (SSSR count). The monoisotopic (exact) mass is 225 g/mol. The van der Waals surface area contributed by atoms with E-state index in [4.69, 9.17) is 0 Å². The molecule has 0 aliphatic heterocycles. The van der Waals surface area contributed by atoms with Crippen LogP contribution < -0.4 is 10.6 Å². The molecule has 0 fully saturated rings. The summed E-state index contributed by atoms with van der Waals surface area (Å²) in [5.74, 6) is 0.0419. The second kappa shape index (κ2) is 6.95. The van der Waals surface area contributed by atoms with E-state index in [9.17, 15) is 4.79 Å². The number of nitrogens with zero attached hydrogens (tertiary/aromatic N) is 3. The van der Waals surface area contributed by atoms with Crippen molar-refractivity contribution in [3.8, 4) is 0 Å². The molecule has 0 spiro atoms. The van der Waals surface area contributed by atoms with Gasteiger partial charge in [-0.1, -0.05) is 12.1 Å². The molecule has 2 N–H and O–H groups in total. The Hall–Kier alpha value is -1.43. The van der Waals surface area contributed by atoms with E-state index < -0.39 is 0 Å². The van der Waals surface area contributed by atoms with Crippen LogP contribution >= 0.6 is 0 Å².